The van der Waals surface area contributed by atoms with E-state index in [4.69, 9.17) is 5.73 Å². The molecule has 0 aromatic heterocycles. The van der Waals surface area contributed by atoms with Gasteiger partial charge in [-0.25, -0.2) is 4.39 Å². The zero-order valence-electron chi connectivity index (χ0n) is 9.08. The highest BCUT2D eigenvalue weighted by Crippen LogP contribution is 2.19. The third-order valence-corrected chi connectivity index (χ3v) is 4.52. The topological polar surface area (TPSA) is 43.1 Å². The highest BCUT2D eigenvalue weighted by molar-refractivity contribution is 9.10. The minimum Gasteiger partial charge on any atom is -0.330 e. The van der Waals surface area contributed by atoms with Gasteiger partial charge in [-0.1, -0.05) is 28.9 Å². The molecule has 5 heteroatoms. The SMILES string of the molecule is CC(CN)CS(=O)Cc1ccc(F)cc1Br. The van der Waals surface area contributed by atoms with Crippen molar-refractivity contribution in [2.45, 2.75) is 12.7 Å². The van der Waals surface area contributed by atoms with Crippen LogP contribution in [0.3, 0.4) is 0 Å². The van der Waals surface area contributed by atoms with Crippen LogP contribution >= 0.6 is 15.9 Å². The fourth-order valence-corrected chi connectivity index (χ4v) is 3.42. The van der Waals surface area contributed by atoms with E-state index in [9.17, 15) is 8.60 Å². The Labute approximate surface area is 106 Å². The minimum absolute atomic E-state index is 0.250. The molecule has 0 aliphatic heterocycles. The molecule has 0 aliphatic carbocycles. The number of benzene rings is 1. The van der Waals surface area contributed by atoms with Crippen LogP contribution in [0.2, 0.25) is 0 Å². The molecule has 0 spiro atoms. The minimum atomic E-state index is -0.950. The number of nitrogens with two attached hydrogens (primary N) is 1. The average molecular weight is 308 g/mol. The van der Waals surface area contributed by atoms with Crippen LogP contribution in [0.5, 0.6) is 0 Å². The van der Waals surface area contributed by atoms with E-state index in [0.717, 1.165) is 5.56 Å². The van der Waals surface area contributed by atoms with Crippen molar-refractivity contribution in [2.75, 3.05) is 12.3 Å². The van der Waals surface area contributed by atoms with E-state index in [-0.39, 0.29) is 11.7 Å². The van der Waals surface area contributed by atoms with Gasteiger partial charge in [-0.05, 0) is 30.2 Å². The second kappa shape index (κ2) is 6.47. The predicted octanol–water partition coefficient (Wildman–Crippen LogP) is 2.43. The van der Waals surface area contributed by atoms with Crippen LogP contribution in [0.15, 0.2) is 22.7 Å². The van der Waals surface area contributed by atoms with Crippen LogP contribution in [0.25, 0.3) is 0 Å². The van der Waals surface area contributed by atoms with E-state index >= 15 is 0 Å². The maximum absolute atomic E-state index is 12.8. The van der Waals surface area contributed by atoms with E-state index in [2.05, 4.69) is 15.9 Å². The Morgan fingerprint density at radius 3 is 2.81 bits per heavy atom. The second-order valence-corrected chi connectivity index (χ2v) is 6.18. The van der Waals surface area contributed by atoms with Gasteiger partial charge in [0.05, 0.1) is 0 Å². The third kappa shape index (κ3) is 4.31. The Balaban J connectivity index is 2.63. The van der Waals surface area contributed by atoms with E-state index in [1.807, 2.05) is 6.92 Å². The van der Waals surface area contributed by atoms with Crippen LogP contribution in [-0.4, -0.2) is 16.5 Å². The third-order valence-electron chi connectivity index (χ3n) is 2.20. The first kappa shape index (κ1) is 13.8. The summed E-state index contributed by atoms with van der Waals surface area (Å²) in [5, 5.41) is 0. The lowest BCUT2D eigenvalue weighted by Gasteiger charge is -2.09. The van der Waals surface area contributed by atoms with Crippen LogP contribution in [0, 0.1) is 11.7 Å². The fraction of sp³-hybridized carbons (Fsp3) is 0.455. The van der Waals surface area contributed by atoms with Gasteiger partial charge in [0.2, 0.25) is 0 Å². The summed E-state index contributed by atoms with van der Waals surface area (Å²) in [6, 6.07) is 4.42. The summed E-state index contributed by atoms with van der Waals surface area (Å²) in [7, 11) is -0.950. The summed E-state index contributed by atoms with van der Waals surface area (Å²) in [5.41, 5.74) is 6.33. The molecule has 0 amide bonds. The fourth-order valence-electron chi connectivity index (χ4n) is 1.26. The molecule has 0 aliphatic rings. The summed E-state index contributed by atoms with van der Waals surface area (Å²) in [6.07, 6.45) is 0. The van der Waals surface area contributed by atoms with Crippen LogP contribution < -0.4 is 5.73 Å². The maximum Gasteiger partial charge on any atom is 0.124 e. The monoisotopic (exact) mass is 307 g/mol. The first-order valence-corrected chi connectivity index (χ1v) is 7.30. The lowest BCUT2D eigenvalue weighted by molar-refractivity contribution is 0.625. The predicted molar refractivity (Wildman–Crippen MR) is 69.0 cm³/mol. The Hall–Kier alpha value is -0.260. The van der Waals surface area contributed by atoms with Gasteiger partial charge >= 0.3 is 0 Å². The van der Waals surface area contributed by atoms with Crippen LogP contribution in [-0.2, 0) is 16.6 Å². The molecular formula is C11H15BrFNOS. The first-order chi connectivity index (χ1) is 7.52. The number of rotatable bonds is 5. The zero-order chi connectivity index (χ0) is 12.1. The maximum atomic E-state index is 12.8. The Kier molecular flexibility index (Phi) is 5.58. The van der Waals surface area contributed by atoms with Crippen molar-refractivity contribution in [1.29, 1.82) is 0 Å². The molecule has 1 aromatic carbocycles. The summed E-state index contributed by atoms with van der Waals surface area (Å²) in [6.45, 7) is 2.51. The van der Waals surface area contributed by atoms with E-state index in [1.54, 1.807) is 6.07 Å². The molecule has 0 radical (unpaired) electrons. The highest BCUT2D eigenvalue weighted by Gasteiger charge is 2.09. The van der Waals surface area contributed by atoms with E-state index < -0.39 is 10.8 Å². The van der Waals surface area contributed by atoms with Crippen LogP contribution in [0.1, 0.15) is 12.5 Å². The molecule has 0 heterocycles. The standard InChI is InChI=1S/C11H15BrFNOS/c1-8(5-14)6-16(15)7-9-2-3-10(13)4-11(9)12/h2-4,8H,5-7,14H2,1H3. The van der Waals surface area contributed by atoms with E-state index in [1.165, 1.54) is 12.1 Å². The van der Waals surface area contributed by atoms with Crippen molar-refractivity contribution in [3.8, 4) is 0 Å². The average Bonchev–Trinajstić information content (AvgIpc) is 2.22. The molecule has 0 saturated carbocycles. The normalized spacial score (nSPS) is 14.8. The molecule has 2 atom stereocenters. The molecule has 2 nitrogen and oxygen atoms in total. The number of hydrogen-bond acceptors (Lipinski definition) is 2. The van der Waals surface area contributed by atoms with Crippen molar-refractivity contribution < 1.29 is 8.60 Å². The van der Waals surface area contributed by atoms with Crippen molar-refractivity contribution in [3.05, 3.63) is 34.1 Å². The van der Waals surface area contributed by atoms with Crippen molar-refractivity contribution >= 4 is 26.7 Å². The van der Waals surface area contributed by atoms with Gasteiger partial charge in [-0.15, -0.1) is 0 Å². The largest absolute Gasteiger partial charge is 0.330 e. The molecule has 2 unspecified atom stereocenters. The quantitative estimate of drug-likeness (QED) is 0.908. The Bertz CT molecular complexity index is 386. The van der Waals surface area contributed by atoms with E-state index in [0.29, 0.717) is 22.5 Å². The molecule has 1 rings (SSSR count). The summed E-state index contributed by atoms with van der Waals surface area (Å²) >= 11 is 3.26. The Morgan fingerprint density at radius 2 is 2.25 bits per heavy atom. The number of hydrogen-bond donors (Lipinski definition) is 1. The number of halogens is 2. The molecular weight excluding hydrogens is 293 g/mol. The van der Waals surface area contributed by atoms with Gasteiger partial charge in [0.25, 0.3) is 0 Å². The van der Waals surface area contributed by atoms with Crippen molar-refractivity contribution in [1.82, 2.24) is 0 Å². The van der Waals surface area contributed by atoms with Gasteiger partial charge < -0.3 is 5.73 Å². The molecule has 0 bridgehead atoms. The van der Waals surface area contributed by atoms with Gasteiger partial charge in [0.15, 0.2) is 0 Å². The molecule has 90 valence electrons. The van der Waals surface area contributed by atoms with Gasteiger partial charge in [0, 0.05) is 26.8 Å². The molecule has 2 N–H and O–H groups in total. The van der Waals surface area contributed by atoms with Gasteiger partial charge in [-0.3, -0.25) is 4.21 Å². The smallest absolute Gasteiger partial charge is 0.124 e. The van der Waals surface area contributed by atoms with Crippen molar-refractivity contribution in [3.63, 3.8) is 0 Å². The highest BCUT2D eigenvalue weighted by atomic mass is 79.9. The summed E-state index contributed by atoms with van der Waals surface area (Å²) in [4.78, 5) is 0. The summed E-state index contributed by atoms with van der Waals surface area (Å²) < 4.78 is 25.3. The lowest BCUT2D eigenvalue weighted by atomic mass is 10.2. The van der Waals surface area contributed by atoms with Crippen LogP contribution in [0.4, 0.5) is 4.39 Å². The summed E-state index contributed by atoms with van der Waals surface area (Å²) in [5.74, 6) is 0.975. The lowest BCUT2D eigenvalue weighted by Crippen LogP contribution is -2.18. The molecule has 16 heavy (non-hydrogen) atoms. The van der Waals surface area contributed by atoms with Gasteiger partial charge in [0.1, 0.15) is 5.82 Å². The molecule has 0 saturated heterocycles. The second-order valence-electron chi connectivity index (χ2n) is 3.83. The van der Waals surface area contributed by atoms with Gasteiger partial charge in [-0.2, -0.15) is 0 Å². The molecule has 0 fully saturated rings. The molecule has 1 aromatic rings. The first-order valence-electron chi connectivity index (χ1n) is 5.02. The van der Waals surface area contributed by atoms with Crippen molar-refractivity contribution in [2.24, 2.45) is 11.7 Å². The Morgan fingerprint density at radius 1 is 1.56 bits per heavy atom. The zero-order valence-corrected chi connectivity index (χ0v) is 11.5.